The number of fused-ring (bicyclic) bond motifs is 1. The Balaban J connectivity index is 1.21. The fourth-order valence-corrected chi connectivity index (χ4v) is 3.46. The van der Waals surface area contributed by atoms with E-state index in [0.29, 0.717) is 43.4 Å². The first-order valence-corrected chi connectivity index (χ1v) is 9.70. The molecule has 4 rings (SSSR count). The fraction of sp³-hybridized carbons (Fsp3) is 0.300. The Morgan fingerprint density at radius 3 is 2.42 bits per heavy atom. The van der Waals surface area contributed by atoms with Crippen molar-refractivity contribution in [2.45, 2.75) is 0 Å². The summed E-state index contributed by atoms with van der Waals surface area (Å²) in [7, 11) is 0. The van der Waals surface area contributed by atoms with E-state index in [4.69, 9.17) is 9.47 Å². The monoisotopic (exact) mass is 427 g/mol. The van der Waals surface area contributed by atoms with Gasteiger partial charge in [0, 0.05) is 55.8 Å². The summed E-state index contributed by atoms with van der Waals surface area (Å²) in [5.74, 6) is 0.743. The van der Waals surface area contributed by atoms with Gasteiger partial charge in [-0.25, -0.2) is 4.79 Å². The van der Waals surface area contributed by atoms with Crippen LogP contribution >= 0.6 is 0 Å². The molecule has 11 nitrogen and oxygen atoms in total. The highest BCUT2D eigenvalue weighted by molar-refractivity contribution is 6.01. The Bertz CT molecular complexity index is 988. The molecule has 2 aromatic carbocycles. The minimum Gasteiger partial charge on any atom is -0.454 e. The number of nitro groups is 1. The normalized spacial score (nSPS) is 15.4. The lowest BCUT2D eigenvalue weighted by atomic mass is 10.2. The van der Waals surface area contributed by atoms with Gasteiger partial charge in [0.05, 0.1) is 11.5 Å². The number of anilines is 2. The molecule has 2 aliphatic rings. The summed E-state index contributed by atoms with van der Waals surface area (Å²) in [6.07, 6.45) is 0. The zero-order valence-electron chi connectivity index (χ0n) is 16.6. The van der Waals surface area contributed by atoms with Crippen molar-refractivity contribution in [2.75, 3.05) is 49.7 Å². The van der Waals surface area contributed by atoms with Crippen LogP contribution in [0.2, 0.25) is 0 Å². The number of carbonyl (C=O) groups excluding carboxylic acids is 2. The third kappa shape index (κ3) is 5.01. The van der Waals surface area contributed by atoms with Gasteiger partial charge >= 0.3 is 6.03 Å². The lowest BCUT2D eigenvalue weighted by Crippen LogP contribution is -2.50. The number of nitrogens with one attached hydrogen (secondary N) is 2. The van der Waals surface area contributed by atoms with E-state index >= 15 is 0 Å². The number of imide groups is 1. The van der Waals surface area contributed by atoms with Crippen LogP contribution in [0.15, 0.2) is 42.5 Å². The molecule has 2 aromatic rings. The van der Waals surface area contributed by atoms with Gasteiger partial charge in [0.15, 0.2) is 11.5 Å². The standard InChI is InChI=1S/C20H21N5O6/c26-19(22-20(27)21-14-1-6-17-18(11-14)31-13-30-17)12-23-7-9-24(10-8-23)15-2-4-16(5-3-15)25(28)29/h1-6,11H,7-10,12-13H2,(H2,21,22,26,27). The van der Waals surface area contributed by atoms with Gasteiger partial charge in [-0.1, -0.05) is 0 Å². The van der Waals surface area contributed by atoms with E-state index in [9.17, 15) is 19.7 Å². The molecule has 0 spiro atoms. The highest BCUT2D eigenvalue weighted by atomic mass is 16.7. The molecule has 0 bridgehead atoms. The van der Waals surface area contributed by atoms with E-state index in [1.54, 1.807) is 30.3 Å². The number of hydrogen-bond donors (Lipinski definition) is 2. The summed E-state index contributed by atoms with van der Waals surface area (Å²) < 4.78 is 10.5. The molecule has 3 amide bonds. The number of hydrogen-bond acceptors (Lipinski definition) is 8. The van der Waals surface area contributed by atoms with Gasteiger partial charge in [-0.05, 0) is 24.3 Å². The first-order chi connectivity index (χ1) is 15.0. The number of nitro benzene ring substituents is 1. The van der Waals surface area contributed by atoms with Crippen LogP contribution in [0, 0.1) is 10.1 Å². The average molecular weight is 427 g/mol. The van der Waals surface area contributed by atoms with Gasteiger partial charge in [0.1, 0.15) is 0 Å². The lowest BCUT2D eigenvalue weighted by molar-refractivity contribution is -0.384. The lowest BCUT2D eigenvalue weighted by Gasteiger charge is -2.35. The number of carbonyl (C=O) groups is 2. The second-order valence-electron chi connectivity index (χ2n) is 7.11. The first kappa shape index (κ1) is 20.4. The molecular weight excluding hydrogens is 406 g/mol. The van der Waals surface area contributed by atoms with Gasteiger partial charge in [0.2, 0.25) is 12.7 Å². The summed E-state index contributed by atoms with van der Waals surface area (Å²) in [5.41, 5.74) is 1.45. The predicted octanol–water partition coefficient (Wildman–Crippen LogP) is 1.79. The molecule has 1 fully saturated rings. The minimum absolute atomic E-state index is 0.0538. The zero-order valence-corrected chi connectivity index (χ0v) is 16.6. The van der Waals surface area contributed by atoms with Crippen LogP contribution in [-0.4, -0.2) is 61.3 Å². The van der Waals surface area contributed by atoms with E-state index in [2.05, 4.69) is 15.5 Å². The van der Waals surface area contributed by atoms with Crippen LogP contribution in [0.3, 0.4) is 0 Å². The van der Waals surface area contributed by atoms with Gasteiger partial charge in [-0.15, -0.1) is 0 Å². The van der Waals surface area contributed by atoms with Crippen LogP contribution in [0.1, 0.15) is 0 Å². The maximum atomic E-state index is 12.2. The third-order valence-corrected chi connectivity index (χ3v) is 5.05. The first-order valence-electron chi connectivity index (χ1n) is 9.70. The molecule has 2 aliphatic heterocycles. The van der Waals surface area contributed by atoms with Crippen molar-refractivity contribution in [3.63, 3.8) is 0 Å². The van der Waals surface area contributed by atoms with Crippen LogP contribution in [0.4, 0.5) is 21.9 Å². The van der Waals surface area contributed by atoms with Crippen molar-refractivity contribution in [1.29, 1.82) is 0 Å². The quantitative estimate of drug-likeness (QED) is 0.546. The van der Waals surface area contributed by atoms with Gasteiger partial charge in [-0.3, -0.25) is 25.1 Å². The molecule has 0 atom stereocenters. The molecule has 162 valence electrons. The molecule has 0 saturated carbocycles. The topological polar surface area (TPSA) is 126 Å². The molecule has 2 N–H and O–H groups in total. The van der Waals surface area contributed by atoms with E-state index in [1.165, 1.54) is 12.1 Å². The van der Waals surface area contributed by atoms with Gasteiger partial charge in [-0.2, -0.15) is 0 Å². The Hall–Kier alpha value is -3.86. The van der Waals surface area contributed by atoms with Crippen molar-refractivity contribution in [2.24, 2.45) is 0 Å². The van der Waals surface area contributed by atoms with Crippen molar-refractivity contribution >= 4 is 29.0 Å². The van der Waals surface area contributed by atoms with Crippen molar-refractivity contribution < 1.29 is 24.0 Å². The zero-order chi connectivity index (χ0) is 21.8. The van der Waals surface area contributed by atoms with E-state index in [1.807, 2.05) is 4.90 Å². The average Bonchev–Trinajstić information content (AvgIpc) is 3.22. The van der Waals surface area contributed by atoms with Crippen LogP contribution in [0.5, 0.6) is 11.5 Å². The number of urea groups is 1. The fourth-order valence-electron chi connectivity index (χ4n) is 3.46. The smallest absolute Gasteiger partial charge is 0.325 e. The largest absolute Gasteiger partial charge is 0.454 e. The summed E-state index contributed by atoms with van der Waals surface area (Å²) in [5, 5.41) is 15.7. The second kappa shape index (κ2) is 8.88. The number of amides is 3. The highest BCUT2D eigenvalue weighted by Crippen LogP contribution is 2.34. The summed E-state index contributed by atoms with van der Waals surface area (Å²) in [4.78, 5) is 38.7. The SMILES string of the molecule is O=C(CN1CCN(c2ccc([N+](=O)[O-])cc2)CC1)NC(=O)Nc1ccc2c(c1)OCO2. The molecule has 0 radical (unpaired) electrons. The van der Waals surface area contributed by atoms with Gasteiger partial charge < -0.3 is 19.7 Å². The maximum absolute atomic E-state index is 12.2. The Morgan fingerprint density at radius 1 is 1.00 bits per heavy atom. The van der Waals surface area contributed by atoms with E-state index in [0.717, 1.165) is 5.69 Å². The summed E-state index contributed by atoms with van der Waals surface area (Å²) >= 11 is 0. The number of piperazine rings is 1. The van der Waals surface area contributed by atoms with Crippen LogP contribution in [0.25, 0.3) is 0 Å². The van der Waals surface area contributed by atoms with Crippen molar-refractivity contribution in [1.82, 2.24) is 10.2 Å². The van der Waals surface area contributed by atoms with Crippen LogP contribution < -0.4 is 25.0 Å². The number of rotatable bonds is 5. The molecular formula is C20H21N5O6. The molecule has 2 heterocycles. The number of non-ortho nitro benzene ring substituents is 1. The van der Waals surface area contributed by atoms with Crippen molar-refractivity contribution in [3.8, 4) is 11.5 Å². The molecule has 0 unspecified atom stereocenters. The summed E-state index contributed by atoms with van der Waals surface area (Å²) in [6.45, 7) is 2.86. The van der Waals surface area contributed by atoms with E-state index < -0.39 is 16.9 Å². The second-order valence-corrected chi connectivity index (χ2v) is 7.11. The predicted molar refractivity (Wildman–Crippen MR) is 111 cm³/mol. The minimum atomic E-state index is -0.617. The third-order valence-electron chi connectivity index (χ3n) is 5.05. The number of benzene rings is 2. The maximum Gasteiger partial charge on any atom is 0.325 e. The molecule has 0 aliphatic carbocycles. The molecule has 31 heavy (non-hydrogen) atoms. The van der Waals surface area contributed by atoms with E-state index in [-0.39, 0.29) is 19.0 Å². The Morgan fingerprint density at radius 2 is 1.71 bits per heavy atom. The van der Waals surface area contributed by atoms with Gasteiger partial charge in [0.25, 0.3) is 5.69 Å². The number of ether oxygens (including phenoxy) is 2. The molecule has 11 heteroatoms. The van der Waals surface area contributed by atoms with Crippen molar-refractivity contribution in [3.05, 3.63) is 52.6 Å². The van der Waals surface area contributed by atoms with Crippen LogP contribution in [-0.2, 0) is 4.79 Å². The number of nitrogens with zero attached hydrogens (tertiary/aromatic N) is 3. The molecule has 1 saturated heterocycles. The Labute approximate surface area is 177 Å². The Kier molecular flexibility index (Phi) is 5.85. The summed E-state index contributed by atoms with van der Waals surface area (Å²) in [6, 6.07) is 10.8. The molecule has 0 aromatic heterocycles. The highest BCUT2D eigenvalue weighted by Gasteiger charge is 2.21.